The van der Waals surface area contributed by atoms with Crippen LogP contribution in [0.4, 0.5) is 0 Å². The minimum Gasteiger partial charge on any atom is -0.394 e. The first-order valence-electron chi connectivity index (χ1n) is 9.84. The molecule has 0 radical (unpaired) electrons. The number of nitrogens with zero attached hydrogens (tertiary/aromatic N) is 2. The predicted molar refractivity (Wildman–Crippen MR) is 109 cm³/mol. The number of aliphatic hydroxyl groups is 1. The molecular formula is C23H26N2O4. The molecule has 2 saturated heterocycles. The zero-order valence-corrected chi connectivity index (χ0v) is 16.7. The van der Waals surface area contributed by atoms with E-state index in [0.717, 1.165) is 16.7 Å². The molecule has 2 heterocycles. The van der Waals surface area contributed by atoms with Crippen molar-refractivity contribution in [1.29, 1.82) is 0 Å². The molecule has 0 aromatic heterocycles. The van der Waals surface area contributed by atoms with Crippen molar-refractivity contribution < 1.29 is 19.4 Å². The van der Waals surface area contributed by atoms with Gasteiger partial charge in [-0.1, -0.05) is 54.6 Å². The van der Waals surface area contributed by atoms with Crippen molar-refractivity contribution in [3.63, 3.8) is 0 Å². The highest BCUT2D eigenvalue weighted by Crippen LogP contribution is 2.54. The summed E-state index contributed by atoms with van der Waals surface area (Å²) in [4.78, 5) is 28.0. The van der Waals surface area contributed by atoms with Crippen molar-refractivity contribution in [2.24, 2.45) is 0 Å². The lowest BCUT2D eigenvalue weighted by Gasteiger charge is -2.70. The largest absolute Gasteiger partial charge is 0.394 e. The molecule has 0 aliphatic carbocycles. The third kappa shape index (κ3) is 3.12. The highest BCUT2D eigenvalue weighted by molar-refractivity contribution is 5.83. The Balaban J connectivity index is 1.64. The van der Waals surface area contributed by atoms with Gasteiger partial charge in [-0.15, -0.1) is 0 Å². The molecule has 2 aromatic carbocycles. The smallest absolute Gasteiger partial charge is 0.249 e. The highest BCUT2D eigenvalue weighted by atomic mass is 16.5. The van der Waals surface area contributed by atoms with Gasteiger partial charge >= 0.3 is 0 Å². The Kier molecular flexibility index (Phi) is 5.15. The van der Waals surface area contributed by atoms with Crippen molar-refractivity contribution in [3.05, 3.63) is 60.2 Å². The van der Waals surface area contributed by atoms with Crippen LogP contribution in [0.3, 0.4) is 0 Å². The molecule has 0 saturated carbocycles. The average molecular weight is 394 g/mol. The highest BCUT2D eigenvalue weighted by Gasteiger charge is 2.67. The Morgan fingerprint density at radius 3 is 2.24 bits per heavy atom. The fraction of sp³-hybridized carbons (Fsp3) is 0.391. The molecule has 1 N–H and O–H groups in total. The van der Waals surface area contributed by atoms with E-state index in [1.807, 2.05) is 18.2 Å². The quantitative estimate of drug-likeness (QED) is 0.841. The number of aliphatic hydroxyl groups excluding tert-OH is 1. The van der Waals surface area contributed by atoms with Crippen LogP contribution >= 0.6 is 0 Å². The van der Waals surface area contributed by atoms with E-state index in [0.29, 0.717) is 13.1 Å². The molecule has 2 aliphatic heterocycles. The maximum absolute atomic E-state index is 12.7. The molecular weight excluding hydrogens is 368 g/mol. The fourth-order valence-electron chi connectivity index (χ4n) is 4.95. The van der Waals surface area contributed by atoms with Gasteiger partial charge in [-0.05, 0) is 16.7 Å². The summed E-state index contributed by atoms with van der Waals surface area (Å²) in [6.07, 6.45) is 0. The number of ether oxygens (including phenoxy) is 1. The van der Waals surface area contributed by atoms with Gasteiger partial charge in [0.2, 0.25) is 11.8 Å². The lowest BCUT2D eigenvalue weighted by Crippen LogP contribution is -2.86. The Morgan fingerprint density at radius 1 is 1.07 bits per heavy atom. The molecule has 2 aliphatic rings. The van der Waals surface area contributed by atoms with Gasteiger partial charge in [-0.25, -0.2) is 0 Å². The van der Waals surface area contributed by atoms with Crippen LogP contribution < -0.4 is 0 Å². The van der Waals surface area contributed by atoms with Gasteiger partial charge in [0, 0.05) is 33.0 Å². The SMILES string of the molecule is COCC(=O)N1[C@H](CO)[C@H](c2ccc(-c3ccccc3)cc2)C12CN(C(C)=O)C2. The van der Waals surface area contributed by atoms with E-state index >= 15 is 0 Å². The summed E-state index contributed by atoms with van der Waals surface area (Å²) in [6, 6.07) is 18.1. The van der Waals surface area contributed by atoms with Crippen LogP contribution in [-0.4, -0.2) is 71.7 Å². The van der Waals surface area contributed by atoms with Gasteiger partial charge in [0.05, 0.1) is 18.2 Å². The standard InChI is InChI=1S/C23H26N2O4/c1-16(27)24-14-23(15-24)22(20(12-26)25(23)21(28)13-29-2)19-10-8-18(9-11-19)17-6-4-3-5-7-17/h3-11,20,22,26H,12-15H2,1-2H3/t20-,22+/m1/s1. The number of methoxy groups -OCH3 is 1. The molecule has 6 nitrogen and oxygen atoms in total. The average Bonchev–Trinajstić information content (AvgIpc) is 2.67. The summed E-state index contributed by atoms with van der Waals surface area (Å²) in [5.41, 5.74) is 2.87. The lowest BCUT2D eigenvalue weighted by molar-refractivity contribution is -0.204. The first-order chi connectivity index (χ1) is 14.0. The molecule has 6 heteroatoms. The normalized spacial score (nSPS) is 22.2. The number of benzene rings is 2. The molecule has 4 rings (SSSR count). The third-order valence-corrected chi connectivity index (χ3v) is 6.25. The maximum atomic E-state index is 12.7. The van der Waals surface area contributed by atoms with E-state index < -0.39 is 5.54 Å². The van der Waals surface area contributed by atoms with Crippen LogP contribution in [-0.2, 0) is 14.3 Å². The van der Waals surface area contributed by atoms with E-state index in [2.05, 4.69) is 36.4 Å². The van der Waals surface area contributed by atoms with Crippen molar-refractivity contribution in [1.82, 2.24) is 9.80 Å². The minimum absolute atomic E-state index is 0.000361. The molecule has 2 aromatic rings. The second-order valence-corrected chi connectivity index (χ2v) is 7.89. The number of amides is 2. The first kappa shape index (κ1) is 19.6. The number of likely N-dealkylation sites (tertiary alicyclic amines) is 2. The number of carbonyl (C=O) groups is 2. The second kappa shape index (κ2) is 7.61. The Hall–Kier alpha value is -2.70. The van der Waals surface area contributed by atoms with E-state index in [-0.39, 0.29) is 37.0 Å². The van der Waals surface area contributed by atoms with E-state index in [9.17, 15) is 14.7 Å². The molecule has 1 spiro atoms. The first-order valence-corrected chi connectivity index (χ1v) is 9.84. The van der Waals surface area contributed by atoms with Gasteiger partial charge in [0.25, 0.3) is 0 Å². The minimum atomic E-state index is -0.469. The zero-order chi connectivity index (χ0) is 20.6. The molecule has 2 atom stereocenters. The third-order valence-electron chi connectivity index (χ3n) is 6.25. The topological polar surface area (TPSA) is 70.1 Å². The van der Waals surface area contributed by atoms with Gasteiger partial charge in [-0.2, -0.15) is 0 Å². The van der Waals surface area contributed by atoms with Gasteiger partial charge < -0.3 is 19.6 Å². The van der Waals surface area contributed by atoms with Gasteiger partial charge in [0.15, 0.2) is 0 Å². The molecule has 29 heavy (non-hydrogen) atoms. The number of hydrogen-bond acceptors (Lipinski definition) is 4. The van der Waals surface area contributed by atoms with Crippen molar-refractivity contribution in [3.8, 4) is 11.1 Å². The predicted octanol–water partition coefficient (Wildman–Crippen LogP) is 1.89. The monoisotopic (exact) mass is 394 g/mol. The molecule has 0 bridgehead atoms. The van der Waals surface area contributed by atoms with Crippen LogP contribution in [0.2, 0.25) is 0 Å². The van der Waals surface area contributed by atoms with Crippen LogP contribution in [0, 0.1) is 0 Å². The molecule has 0 unspecified atom stereocenters. The Bertz CT molecular complexity index is 891. The van der Waals surface area contributed by atoms with Crippen LogP contribution in [0.25, 0.3) is 11.1 Å². The molecule has 2 amide bonds. The molecule has 2 fully saturated rings. The Labute approximate surface area is 170 Å². The maximum Gasteiger partial charge on any atom is 0.249 e. The summed E-state index contributed by atoms with van der Waals surface area (Å²) in [7, 11) is 1.49. The van der Waals surface area contributed by atoms with Gasteiger partial charge in [-0.3, -0.25) is 9.59 Å². The molecule has 152 valence electrons. The summed E-state index contributed by atoms with van der Waals surface area (Å²) >= 11 is 0. The number of rotatable bonds is 5. The van der Waals surface area contributed by atoms with E-state index in [4.69, 9.17) is 4.74 Å². The summed E-state index contributed by atoms with van der Waals surface area (Å²) in [5.74, 6) is -0.166. The van der Waals surface area contributed by atoms with Crippen LogP contribution in [0.15, 0.2) is 54.6 Å². The number of carbonyl (C=O) groups excluding carboxylic acids is 2. The zero-order valence-electron chi connectivity index (χ0n) is 16.7. The van der Waals surface area contributed by atoms with E-state index in [1.54, 1.807) is 16.7 Å². The second-order valence-electron chi connectivity index (χ2n) is 7.89. The van der Waals surface area contributed by atoms with Gasteiger partial charge in [0.1, 0.15) is 6.61 Å². The Morgan fingerprint density at radius 2 is 1.69 bits per heavy atom. The number of hydrogen-bond donors (Lipinski definition) is 1. The lowest BCUT2D eigenvalue weighted by atomic mass is 9.60. The van der Waals surface area contributed by atoms with Crippen molar-refractivity contribution >= 4 is 11.8 Å². The summed E-state index contributed by atoms with van der Waals surface area (Å²) in [6.45, 7) is 2.36. The summed E-state index contributed by atoms with van der Waals surface area (Å²) < 4.78 is 5.04. The summed E-state index contributed by atoms with van der Waals surface area (Å²) in [5, 5.41) is 10.0. The van der Waals surface area contributed by atoms with Crippen molar-refractivity contribution in [2.75, 3.05) is 33.4 Å². The fourth-order valence-corrected chi connectivity index (χ4v) is 4.95. The van der Waals surface area contributed by atoms with E-state index in [1.165, 1.54) is 7.11 Å². The van der Waals surface area contributed by atoms with Crippen LogP contribution in [0.1, 0.15) is 18.4 Å². The van der Waals surface area contributed by atoms with Crippen molar-refractivity contribution in [2.45, 2.75) is 24.4 Å². The van der Waals surface area contributed by atoms with Crippen LogP contribution in [0.5, 0.6) is 0 Å².